The van der Waals surface area contributed by atoms with Crippen LogP contribution >= 0.6 is 0 Å². The average molecular weight is 265 g/mol. The lowest BCUT2D eigenvalue weighted by molar-refractivity contribution is -0.139. The zero-order chi connectivity index (χ0) is 14.4. The van der Waals surface area contributed by atoms with Crippen LogP contribution in [0.2, 0.25) is 0 Å². The molecule has 0 saturated carbocycles. The zero-order valence-electron chi connectivity index (χ0n) is 10.8. The Morgan fingerprint density at radius 3 is 2.68 bits per heavy atom. The summed E-state index contributed by atoms with van der Waals surface area (Å²) in [6.07, 6.45) is 3.58. The maximum Gasteiger partial charge on any atom is 0.326 e. The molecule has 2 N–H and O–H groups in total. The monoisotopic (exact) mass is 265 g/mol. The molecule has 0 bridgehead atoms. The first-order chi connectivity index (χ1) is 8.95. The van der Waals surface area contributed by atoms with E-state index in [9.17, 15) is 14.0 Å². The van der Waals surface area contributed by atoms with Gasteiger partial charge in [0.25, 0.3) is 5.91 Å². The number of carboxylic acid groups (broad SMARTS) is 1. The van der Waals surface area contributed by atoms with E-state index in [0.29, 0.717) is 5.56 Å². The van der Waals surface area contributed by atoms with E-state index in [4.69, 9.17) is 5.11 Å². The molecule has 0 aliphatic carbocycles. The minimum absolute atomic E-state index is 0.206. The molecule has 5 heteroatoms. The molecule has 0 aliphatic heterocycles. The highest BCUT2D eigenvalue weighted by molar-refractivity contribution is 5.96. The summed E-state index contributed by atoms with van der Waals surface area (Å²) in [5, 5.41) is 11.4. The van der Waals surface area contributed by atoms with Crippen molar-refractivity contribution in [3.63, 3.8) is 0 Å². The molecule has 4 nitrogen and oxygen atoms in total. The first kappa shape index (κ1) is 14.9. The van der Waals surface area contributed by atoms with Crippen molar-refractivity contribution in [2.45, 2.75) is 26.3 Å². The minimum Gasteiger partial charge on any atom is -0.480 e. The second-order valence-electron chi connectivity index (χ2n) is 4.13. The SMILES string of the molecule is C/C=C/CC(NC(=O)c1ccc(F)c(C)c1)C(=O)O. The molecule has 1 unspecified atom stereocenters. The fourth-order valence-electron chi connectivity index (χ4n) is 1.52. The molecule has 0 aliphatic rings. The van der Waals surface area contributed by atoms with E-state index in [0.717, 1.165) is 0 Å². The summed E-state index contributed by atoms with van der Waals surface area (Å²) >= 11 is 0. The normalized spacial score (nSPS) is 12.4. The maximum atomic E-state index is 13.1. The number of allylic oxidation sites excluding steroid dienone is 1. The van der Waals surface area contributed by atoms with E-state index < -0.39 is 23.7 Å². The molecule has 1 amide bonds. The smallest absolute Gasteiger partial charge is 0.326 e. The number of aryl methyl sites for hydroxylation is 1. The quantitative estimate of drug-likeness (QED) is 0.803. The van der Waals surface area contributed by atoms with Gasteiger partial charge in [-0.05, 0) is 44.0 Å². The molecule has 0 radical (unpaired) electrons. The molecule has 0 saturated heterocycles. The number of nitrogens with one attached hydrogen (secondary N) is 1. The van der Waals surface area contributed by atoms with Gasteiger partial charge in [-0.1, -0.05) is 12.2 Å². The van der Waals surface area contributed by atoms with Crippen LogP contribution < -0.4 is 5.32 Å². The van der Waals surface area contributed by atoms with Gasteiger partial charge in [-0.2, -0.15) is 0 Å². The summed E-state index contributed by atoms with van der Waals surface area (Å²) in [6, 6.07) is 2.91. The van der Waals surface area contributed by atoms with Crippen LogP contribution in [0.4, 0.5) is 4.39 Å². The van der Waals surface area contributed by atoms with Crippen molar-refractivity contribution in [2.75, 3.05) is 0 Å². The van der Waals surface area contributed by atoms with Crippen LogP contribution in [0.15, 0.2) is 30.4 Å². The second-order valence-corrected chi connectivity index (χ2v) is 4.13. The fourth-order valence-corrected chi connectivity index (χ4v) is 1.52. The third-order valence-corrected chi connectivity index (χ3v) is 2.63. The number of amides is 1. The highest BCUT2D eigenvalue weighted by Crippen LogP contribution is 2.09. The van der Waals surface area contributed by atoms with Crippen LogP contribution in [0.3, 0.4) is 0 Å². The number of rotatable bonds is 5. The summed E-state index contributed by atoms with van der Waals surface area (Å²) < 4.78 is 13.1. The van der Waals surface area contributed by atoms with E-state index >= 15 is 0 Å². The van der Waals surface area contributed by atoms with Crippen LogP contribution in [0.25, 0.3) is 0 Å². The lowest BCUT2D eigenvalue weighted by atomic mass is 10.1. The molecule has 1 atom stereocenters. The van der Waals surface area contributed by atoms with Gasteiger partial charge in [0.05, 0.1) is 0 Å². The van der Waals surface area contributed by atoms with E-state index in [1.807, 2.05) is 0 Å². The van der Waals surface area contributed by atoms with Gasteiger partial charge in [0.2, 0.25) is 0 Å². The van der Waals surface area contributed by atoms with Gasteiger partial charge in [-0.25, -0.2) is 9.18 Å². The summed E-state index contributed by atoms with van der Waals surface area (Å²) in [7, 11) is 0. The number of benzene rings is 1. The minimum atomic E-state index is -1.11. The van der Waals surface area contributed by atoms with Gasteiger partial charge in [0, 0.05) is 5.56 Å². The molecule has 0 heterocycles. The summed E-state index contributed by atoms with van der Waals surface area (Å²) in [4.78, 5) is 22.8. The van der Waals surface area contributed by atoms with Crippen molar-refractivity contribution in [2.24, 2.45) is 0 Å². The van der Waals surface area contributed by atoms with Gasteiger partial charge in [0.15, 0.2) is 0 Å². The second kappa shape index (κ2) is 6.68. The number of hydrogen-bond donors (Lipinski definition) is 2. The highest BCUT2D eigenvalue weighted by Gasteiger charge is 2.19. The van der Waals surface area contributed by atoms with Gasteiger partial charge in [0.1, 0.15) is 11.9 Å². The van der Waals surface area contributed by atoms with Crippen LogP contribution in [-0.2, 0) is 4.79 Å². The maximum absolute atomic E-state index is 13.1. The number of aliphatic carboxylic acids is 1. The number of carbonyl (C=O) groups excluding carboxylic acids is 1. The highest BCUT2D eigenvalue weighted by atomic mass is 19.1. The van der Waals surface area contributed by atoms with E-state index in [1.54, 1.807) is 26.0 Å². The van der Waals surface area contributed by atoms with Gasteiger partial charge >= 0.3 is 5.97 Å². The van der Waals surface area contributed by atoms with E-state index in [2.05, 4.69) is 5.32 Å². The molecular formula is C14H16FNO3. The summed E-state index contributed by atoms with van der Waals surface area (Å²) in [6.45, 7) is 3.31. The fraction of sp³-hybridized carbons (Fsp3) is 0.286. The van der Waals surface area contributed by atoms with Crippen LogP contribution in [0.5, 0.6) is 0 Å². The molecule has 0 aromatic heterocycles. The first-order valence-electron chi connectivity index (χ1n) is 5.86. The average Bonchev–Trinajstić information content (AvgIpc) is 2.37. The Kier molecular flexibility index (Phi) is 5.23. The Hall–Kier alpha value is -2.17. The number of halogens is 1. The predicted octanol–water partition coefficient (Wildman–Crippen LogP) is 2.28. The molecule has 0 fully saturated rings. The number of hydrogen-bond acceptors (Lipinski definition) is 2. The first-order valence-corrected chi connectivity index (χ1v) is 5.86. The Morgan fingerprint density at radius 2 is 2.16 bits per heavy atom. The lowest BCUT2D eigenvalue weighted by Gasteiger charge is -2.13. The summed E-state index contributed by atoms with van der Waals surface area (Å²) in [5.41, 5.74) is 0.582. The van der Waals surface area contributed by atoms with Gasteiger partial charge in [-0.3, -0.25) is 4.79 Å². The van der Waals surface area contributed by atoms with Crippen molar-refractivity contribution >= 4 is 11.9 Å². The Bertz CT molecular complexity index is 511. The van der Waals surface area contributed by atoms with Crippen molar-refractivity contribution in [1.29, 1.82) is 0 Å². The van der Waals surface area contributed by atoms with E-state index in [1.165, 1.54) is 18.2 Å². The topological polar surface area (TPSA) is 66.4 Å². The molecule has 1 aromatic rings. The van der Waals surface area contributed by atoms with Crippen molar-refractivity contribution in [1.82, 2.24) is 5.32 Å². The lowest BCUT2D eigenvalue weighted by Crippen LogP contribution is -2.40. The van der Waals surface area contributed by atoms with Crippen LogP contribution in [0.1, 0.15) is 29.3 Å². The molecule has 0 spiro atoms. The standard InChI is InChI=1S/C14H16FNO3/c1-3-4-5-12(14(18)19)16-13(17)10-6-7-11(15)9(2)8-10/h3-4,6-8,12H,5H2,1-2H3,(H,16,17)(H,18,19)/b4-3+. The Morgan fingerprint density at radius 1 is 1.47 bits per heavy atom. The van der Waals surface area contributed by atoms with Crippen LogP contribution in [0, 0.1) is 12.7 Å². The van der Waals surface area contributed by atoms with Crippen molar-refractivity contribution in [3.8, 4) is 0 Å². The third kappa shape index (κ3) is 4.21. The molecule has 1 rings (SSSR count). The predicted molar refractivity (Wildman–Crippen MR) is 69.5 cm³/mol. The Labute approximate surface area is 110 Å². The molecule has 19 heavy (non-hydrogen) atoms. The number of carboxylic acids is 1. The molecule has 1 aromatic carbocycles. The Balaban J connectivity index is 2.81. The largest absolute Gasteiger partial charge is 0.480 e. The molecular weight excluding hydrogens is 249 g/mol. The van der Waals surface area contributed by atoms with Crippen LogP contribution in [-0.4, -0.2) is 23.0 Å². The molecule has 102 valence electrons. The van der Waals surface area contributed by atoms with Crippen molar-refractivity contribution < 1.29 is 19.1 Å². The zero-order valence-corrected chi connectivity index (χ0v) is 10.8. The van der Waals surface area contributed by atoms with Gasteiger partial charge in [-0.15, -0.1) is 0 Å². The van der Waals surface area contributed by atoms with Crippen molar-refractivity contribution in [3.05, 3.63) is 47.3 Å². The third-order valence-electron chi connectivity index (χ3n) is 2.63. The van der Waals surface area contributed by atoms with Gasteiger partial charge < -0.3 is 10.4 Å². The number of carbonyl (C=O) groups is 2. The summed E-state index contributed by atoms with van der Waals surface area (Å²) in [5.74, 6) is -2.04. The van der Waals surface area contributed by atoms with E-state index in [-0.39, 0.29) is 12.0 Å².